The molecule has 28 heavy (non-hydrogen) atoms. The number of rotatable bonds is 3. The quantitative estimate of drug-likeness (QED) is 0.343. The maximum absolute atomic E-state index is 12.9. The van der Waals surface area contributed by atoms with Gasteiger partial charge in [0.2, 0.25) is 11.8 Å². The highest BCUT2D eigenvalue weighted by atomic mass is 35.5. The monoisotopic (exact) mass is 393 g/mol. The van der Waals surface area contributed by atoms with E-state index < -0.39 is 5.97 Å². The minimum Gasteiger partial charge on any atom is -0.423 e. The zero-order chi connectivity index (χ0) is 19.4. The Hall–Kier alpha value is -2.92. The number of hydrogen-bond donors (Lipinski definition) is 0. The van der Waals surface area contributed by atoms with Crippen LogP contribution in [-0.2, 0) is 9.59 Å². The molecule has 2 aliphatic carbocycles. The van der Waals surface area contributed by atoms with E-state index in [2.05, 4.69) is 12.2 Å². The van der Waals surface area contributed by atoms with Crippen molar-refractivity contribution in [3.63, 3.8) is 0 Å². The van der Waals surface area contributed by atoms with Gasteiger partial charge in [-0.2, -0.15) is 0 Å². The van der Waals surface area contributed by atoms with Gasteiger partial charge in [0, 0.05) is 11.1 Å². The van der Waals surface area contributed by atoms with Crippen molar-refractivity contribution < 1.29 is 19.1 Å². The third-order valence-corrected chi connectivity index (χ3v) is 6.09. The molecule has 2 amide bonds. The first kappa shape index (κ1) is 17.2. The van der Waals surface area contributed by atoms with Gasteiger partial charge in [-0.1, -0.05) is 29.8 Å². The molecule has 2 bridgehead atoms. The van der Waals surface area contributed by atoms with Crippen LogP contribution in [0, 0.1) is 23.7 Å². The van der Waals surface area contributed by atoms with Gasteiger partial charge < -0.3 is 4.74 Å². The fraction of sp³-hybridized carbons (Fsp3) is 0.227. The van der Waals surface area contributed by atoms with E-state index in [0.717, 1.165) is 6.42 Å². The Bertz CT molecular complexity index is 999. The van der Waals surface area contributed by atoms with Crippen molar-refractivity contribution in [1.82, 2.24) is 0 Å². The highest BCUT2D eigenvalue weighted by Gasteiger charge is 2.59. The summed E-state index contributed by atoms with van der Waals surface area (Å²) >= 11 is 5.84. The third-order valence-electron chi connectivity index (χ3n) is 5.84. The average Bonchev–Trinajstić information content (AvgIpc) is 3.36. The smallest absolute Gasteiger partial charge is 0.343 e. The minimum absolute atomic E-state index is 0.155. The van der Waals surface area contributed by atoms with Gasteiger partial charge in [-0.05, 0) is 54.7 Å². The van der Waals surface area contributed by atoms with Gasteiger partial charge in [0.1, 0.15) is 5.75 Å². The SMILES string of the molecule is O=C(Oc1cccc(N2C(=O)[C@@H]3[C@@H](C2=O)[C@H]2C=C[C@H]3C2)c1)c1ccc(Cl)cc1. The highest BCUT2D eigenvalue weighted by Crippen LogP contribution is 2.53. The van der Waals surface area contributed by atoms with E-state index in [1.54, 1.807) is 48.5 Å². The summed E-state index contributed by atoms with van der Waals surface area (Å²) in [5.41, 5.74) is 0.797. The zero-order valence-electron chi connectivity index (χ0n) is 14.7. The summed E-state index contributed by atoms with van der Waals surface area (Å²) in [5, 5.41) is 0.526. The topological polar surface area (TPSA) is 63.7 Å². The molecule has 5 rings (SSSR count). The van der Waals surface area contributed by atoms with Crippen LogP contribution in [-0.4, -0.2) is 17.8 Å². The summed E-state index contributed by atoms with van der Waals surface area (Å²) in [6.07, 6.45) is 5.01. The molecule has 2 fully saturated rings. The number of amides is 2. The van der Waals surface area contributed by atoms with Crippen LogP contribution in [0.2, 0.25) is 5.02 Å². The fourth-order valence-electron chi connectivity index (χ4n) is 4.59. The molecular weight excluding hydrogens is 378 g/mol. The molecule has 1 heterocycles. The molecule has 1 saturated carbocycles. The lowest BCUT2D eigenvalue weighted by atomic mass is 9.85. The molecule has 6 heteroatoms. The summed E-state index contributed by atoms with van der Waals surface area (Å²) in [6.45, 7) is 0. The number of allylic oxidation sites excluding steroid dienone is 2. The van der Waals surface area contributed by atoms with E-state index in [1.807, 2.05) is 0 Å². The van der Waals surface area contributed by atoms with E-state index >= 15 is 0 Å². The number of imide groups is 1. The van der Waals surface area contributed by atoms with Crippen molar-refractivity contribution in [2.24, 2.45) is 23.7 Å². The number of esters is 1. The van der Waals surface area contributed by atoms with Gasteiger partial charge in [0.15, 0.2) is 0 Å². The van der Waals surface area contributed by atoms with E-state index in [-0.39, 0.29) is 41.2 Å². The number of carbonyl (C=O) groups is 3. The van der Waals surface area contributed by atoms with Gasteiger partial charge >= 0.3 is 5.97 Å². The molecule has 3 aliphatic rings. The summed E-state index contributed by atoms with van der Waals surface area (Å²) in [7, 11) is 0. The van der Waals surface area contributed by atoms with Crippen LogP contribution in [0.1, 0.15) is 16.8 Å². The second kappa shape index (κ2) is 6.31. The Balaban J connectivity index is 1.39. The normalized spacial score (nSPS) is 27.4. The number of nitrogens with zero attached hydrogens (tertiary/aromatic N) is 1. The Morgan fingerprint density at radius 2 is 1.61 bits per heavy atom. The number of benzene rings is 2. The predicted molar refractivity (Wildman–Crippen MR) is 103 cm³/mol. The molecule has 2 aromatic rings. The van der Waals surface area contributed by atoms with Crippen molar-refractivity contribution in [3.05, 3.63) is 71.3 Å². The largest absolute Gasteiger partial charge is 0.423 e. The van der Waals surface area contributed by atoms with E-state index in [0.29, 0.717) is 16.3 Å². The molecule has 4 atom stereocenters. The summed E-state index contributed by atoms with van der Waals surface area (Å²) in [5.74, 6) is -0.792. The van der Waals surface area contributed by atoms with Crippen molar-refractivity contribution in [2.75, 3.05) is 4.90 Å². The molecule has 5 nitrogen and oxygen atoms in total. The van der Waals surface area contributed by atoms with E-state index in [4.69, 9.17) is 16.3 Å². The van der Waals surface area contributed by atoms with Gasteiger partial charge in [-0.3, -0.25) is 9.59 Å². The molecule has 0 spiro atoms. The second-order valence-electron chi connectivity index (χ2n) is 7.41. The number of halogens is 1. The van der Waals surface area contributed by atoms with Crippen LogP contribution in [0.15, 0.2) is 60.7 Å². The standard InChI is InChI=1S/C22H16ClNO4/c23-15-8-6-12(7-9-15)22(27)28-17-3-1-2-16(11-17)24-20(25)18-13-4-5-14(10-13)19(18)21(24)26/h1-9,11,13-14,18-19H,10H2/t13-,14-,18-,19-/m0/s1. The Labute approximate surface area is 166 Å². The van der Waals surface area contributed by atoms with Gasteiger partial charge in [0.05, 0.1) is 23.1 Å². The first-order chi connectivity index (χ1) is 13.5. The summed E-state index contributed by atoms with van der Waals surface area (Å²) in [6, 6.07) is 12.9. The minimum atomic E-state index is -0.535. The average molecular weight is 394 g/mol. The number of carbonyl (C=O) groups excluding carboxylic acids is 3. The number of ether oxygens (including phenoxy) is 1. The van der Waals surface area contributed by atoms with E-state index in [1.165, 1.54) is 4.90 Å². The van der Waals surface area contributed by atoms with Gasteiger partial charge in [-0.25, -0.2) is 9.69 Å². The molecule has 0 radical (unpaired) electrons. The number of fused-ring (bicyclic) bond motifs is 5. The number of hydrogen-bond acceptors (Lipinski definition) is 4. The van der Waals surface area contributed by atoms with Crippen LogP contribution >= 0.6 is 11.6 Å². The van der Waals surface area contributed by atoms with Gasteiger partial charge in [0.25, 0.3) is 0 Å². The molecule has 0 aromatic heterocycles. The first-order valence-electron chi connectivity index (χ1n) is 9.17. The Kier molecular flexibility index (Phi) is 3.88. The molecule has 140 valence electrons. The second-order valence-corrected chi connectivity index (χ2v) is 7.84. The lowest BCUT2D eigenvalue weighted by molar-refractivity contribution is -0.123. The Morgan fingerprint density at radius 3 is 2.25 bits per heavy atom. The third kappa shape index (κ3) is 2.58. The van der Waals surface area contributed by atoms with E-state index in [9.17, 15) is 14.4 Å². The van der Waals surface area contributed by atoms with Crippen molar-refractivity contribution in [3.8, 4) is 5.75 Å². The number of anilines is 1. The van der Waals surface area contributed by atoms with Crippen molar-refractivity contribution >= 4 is 35.1 Å². The molecule has 0 unspecified atom stereocenters. The maximum Gasteiger partial charge on any atom is 0.343 e. The van der Waals surface area contributed by atoms with Crippen LogP contribution in [0.4, 0.5) is 5.69 Å². The zero-order valence-corrected chi connectivity index (χ0v) is 15.5. The lowest BCUT2D eigenvalue weighted by Crippen LogP contribution is -2.32. The molecule has 0 N–H and O–H groups in total. The molecule has 1 aliphatic heterocycles. The summed E-state index contributed by atoms with van der Waals surface area (Å²) < 4.78 is 5.42. The van der Waals surface area contributed by atoms with Gasteiger partial charge in [-0.15, -0.1) is 0 Å². The predicted octanol–water partition coefficient (Wildman–Crippen LogP) is 3.87. The van der Waals surface area contributed by atoms with Crippen molar-refractivity contribution in [2.45, 2.75) is 6.42 Å². The van der Waals surface area contributed by atoms with Crippen LogP contribution in [0.3, 0.4) is 0 Å². The van der Waals surface area contributed by atoms with Crippen LogP contribution in [0.25, 0.3) is 0 Å². The first-order valence-corrected chi connectivity index (χ1v) is 9.54. The summed E-state index contributed by atoms with van der Waals surface area (Å²) in [4.78, 5) is 39.4. The van der Waals surface area contributed by atoms with Crippen LogP contribution in [0.5, 0.6) is 5.75 Å². The Morgan fingerprint density at radius 1 is 0.964 bits per heavy atom. The lowest BCUT2D eigenvalue weighted by Gasteiger charge is -2.18. The molecular formula is C22H16ClNO4. The maximum atomic E-state index is 12.9. The molecule has 2 aromatic carbocycles. The van der Waals surface area contributed by atoms with Crippen LogP contribution < -0.4 is 9.64 Å². The highest BCUT2D eigenvalue weighted by molar-refractivity contribution is 6.30. The van der Waals surface area contributed by atoms with Crippen molar-refractivity contribution in [1.29, 1.82) is 0 Å². The fourth-order valence-corrected chi connectivity index (χ4v) is 4.72. The molecule has 1 saturated heterocycles.